The summed E-state index contributed by atoms with van der Waals surface area (Å²) < 4.78 is 0. The smallest absolute Gasteiger partial charge is 0.317 e. The van der Waals surface area contributed by atoms with E-state index in [2.05, 4.69) is 29.6 Å². The molecule has 4 rings (SSSR count). The molecule has 2 fully saturated rings. The summed E-state index contributed by atoms with van der Waals surface area (Å²) in [5.74, 6) is 0.642. The molecule has 1 aromatic rings. The highest BCUT2D eigenvalue weighted by Crippen LogP contribution is 2.60. The Morgan fingerprint density at radius 3 is 2.91 bits per heavy atom. The second-order valence-corrected chi connectivity index (χ2v) is 6.71. The van der Waals surface area contributed by atoms with Crippen LogP contribution in [0, 0.1) is 17.8 Å². The first-order valence-corrected chi connectivity index (χ1v) is 7.98. The fourth-order valence-electron chi connectivity index (χ4n) is 4.23. The number of carbonyl (C=O) groups excluding carboxylic acids is 1. The van der Waals surface area contributed by atoms with Crippen molar-refractivity contribution in [2.75, 3.05) is 19.6 Å². The summed E-state index contributed by atoms with van der Waals surface area (Å²) >= 11 is 0. The van der Waals surface area contributed by atoms with Crippen molar-refractivity contribution < 1.29 is 14.7 Å². The molecule has 4 atom stereocenters. The number of nitrogens with zero attached hydrogens (tertiary/aromatic N) is 1. The first-order valence-electron chi connectivity index (χ1n) is 7.98. The van der Waals surface area contributed by atoms with Crippen LogP contribution in [0.4, 0.5) is 4.79 Å². The van der Waals surface area contributed by atoms with E-state index in [1.165, 1.54) is 11.1 Å². The van der Waals surface area contributed by atoms with Crippen molar-refractivity contribution in [1.82, 2.24) is 10.2 Å². The number of hydrogen-bond acceptors (Lipinski definition) is 2. The van der Waals surface area contributed by atoms with Crippen LogP contribution < -0.4 is 5.32 Å². The number of urea groups is 1. The first kappa shape index (κ1) is 13.6. The molecule has 1 saturated heterocycles. The standard InChI is InChI=1S/C17H20N2O3/c20-16(21)11-5-6-19(9-11)17(22)18-8-14-13-7-10-3-1-2-4-12(10)15(13)14/h1-4,11,13-15H,5-9H2,(H,18,22)(H,20,21). The molecule has 5 nitrogen and oxygen atoms in total. The van der Waals surface area contributed by atoms with Crippen LogP contribution >= 0.6 is 0 Å². The van der Waals surface area contributed by atoms with E-state index in [-0.39, 0.29) is 6.03 Å². The van der Waals surface area contributed by atoms with Crippen LogP contribution in [-0.4, -0.2) is 41.6 Å². The van der Waals surface area contributed by atoms with E-state index in [4.69, 9.17) is 5.11 Å². The second kappa shape index (κ2) is 5.00. The van der Waals surface area contributed by atoms with Crippen LogP contribution in [-0.2, 0) is 11.2 Å². The Morgan fingerprint density at radius 2 is 2.14 bits per heavy atom. The summed E-state index contributed by atoms with van der Waals surface area (Å²) in [6.07, 6.45) is 1.69. The Kier molecular flexibility index (Phi) is 3.10. The predicted octanol–water partition coefficient (Wildman–Crippen LogP) is 1.69. The van der Waals surface area contributed by atoms with Gasteiger partial charge in [-0.2, -0.15) is 0 Å². The number of benzene rings is 1. The van der Waals surface area contributed by atoms with Crippen LogP contribution in [0.25, 0.3) is 0 Å². The average Bonchev–Trinajstić information content (AvgIpc) is 2.92. The number of rotatable bonds is 3. The van der Waals surface area contributed by atoms with Crippen LogP contribution in [0.2, 0.25) is 0 Å². The second-order valence-electron chi connectivity index (χ2n) is 6.71. The van der Waals surface area contributed by atoms with Gasteiger partial charge in [-0.3, -0.25) is 4.79 Å². The van der Waals surface area contributed by atoms with Crippen molar-refractivity contribution in [1.29, 1.82) is 0 Å². The number of aliphatic carboxylic acids is 1. The lowest BCUT2D eigenvalue weighted by molar-refractivity contribution is -0.141. The Bertz CT molecular complexity index is 630. The number of likely N-dealkylation sites (tertiary alicyclic amines) is 1. The molecule has 0 bridgehead atoms. The van der Waals surface area contributed by atoms with Crippen molar-refractivity contribution in [2.24, 2.45) is 17.8 Å². The fraction of sp³-hybridized carbons (Fsp3) is 0.529. The molecule has 2 N–H and O–H groups in total. The van der Waals surface area contributed by atoms with Crippen molar-refractivity contribution in [3.63, 3.8) is 0 Å². The average molecular weight is 300 g/mol. The molecule has 5 heteroatoms. The van der Waals surface area contributed by atoms with Gasteiger partial charge in [-0.25, -0.2) is 4.79 Å². The van der Waals surface area contributed by atoms with Gasteiger partial charge < -0.3 is 15.3 Å². The molecule has 0 radical (unpaired) electrons. The van der Waals surface area contributed by atoms with E-state index in [0.717, 1.165) is 6.42 Å². The SMILES string of the molecule is O=C(O)C1CCN(C(=O)NCC2C3Cc4ccccc4C23)C1. The van der Waals surface area contributed by atoms with E-state index >= 15 is 0 Å². The van der Waals surface area contributed by atoms with Gasteiger partial charge in [-0.1, -0.05) is 24.3 Å². The summed E-state index contributed by atoms with van der Waals surface area (Å²) in [6, 6.07) is 8.48. The number of fused-ring (bicyclic) bond motifs is 3. The van der Waals surface area contributed by atoms with Gasteiger partial charge in [0.2, 0.25) is 0 Å². The van der Waals surface area contributed by atoms with Crippen molar-refractivity contribution >= 4 is 12.0 Å². The zero-order chi connectivity index (χ0) is 15.3. The minimum Gasteiger partial charge on any atom is -0.481 e. The molecule has 2 amide bonds. The van der Waals surface area contributed by atoms with Crippen molar-refractivity contribution in [2.45, 2.75) is 18.8 Å². The molecule has 3 aliphatic rings. The Labute approximate surface area is 129 Å². The zero-order valence-electron chi connectivity index (χ0n) is 12.4. The molecule has 1 aromatic carbocycles. The molecular weight excluding hydrogens is 280 g/mol. The summed E-state index contributed by atoms with van der Waals surface area (Å²) in [7, 11) is 0. The summed E-state index contributed by atoms with van der Waals surface area (Å²) in [5.41, 5.74) is 2.92. The maximum Gasteiger partial charge on any atom is 0.317 e. The topological polar surface area (TPSA) is 69.6 Å². The molecule has 4 unspecified atom stereocenters. The molecule has 2 aliphatic carbocycles. The highest BCUT2D eigenvalue weighted by Gasteiger charge is 2.55. The number of nitrogens with one attached hydrogen (secondary N) is 1. The fourth-order valence-corrected chi connectivity index (χ4v) is 4.23. The van der Waals surface area contributed by atoms with E-state index < -0.39 is 11.9 Å². The van der Waals surface area contributed by atoms with E-state index in [1.54, 1.807) is 4.90 Å². The number of hydrogen-bond donors (Lipinski definition) is 2. The number of carboxylic acids is 1. The van der Waals surface area contributed by atoms with E-state index in [9.17, 15) is 9.59 Å². The molecule has 0 spiro atoms. The van der Waals surface area contributed by atoms with E-state index in [0.29, 0.717) is 43.8 Å². The highest BCUT2D eigenvalue weighted by molar-refractivity contribution is 5.77. The molecule has 1 saturated carbocycles. The third kappa shape index (κ3) is 2.16. The van der Waals surface area contributed by atoms with Gasteiger partial charge in [-0.15, -0.1) is 0 Å². The quantitative estimate of drug-likeness (QED) is 0.892. The van der Waals surface area contributed by atoms with Gasteiger partial charge in [-0.05, 0) is 41.7 Å². The third-order valence-electron chi connectivity index (χ3n) is 5.52. The predicted molar refractivity (Wildman–Crippen MR) is 80.6 cm³/mol. The highest BCUT2D eigenvalue weighted by atomic mass is 16.4. The van der Waals surface area contributed by atoms with Crippen LogP contribution in [0.1, 0.15) is 23.5 Å². The molecule has 0 aromatic heterocycles. The van der Waals surface area contributed by atoms with Crippen LogP contribution in [0.5, 0.6) is 0 Å². The van der Waals surface area contributed by atoms with Gasteiger partial charge in [0.1, 0.15) is 0 Å². The van der Waals surface area contributed by atoms with Crippen molar-refractivity contribution in [3.8, 4) is 0 Å². The van der Waals surface area contributed by atoms with Crippen molar-refractivity contribution in [3.05, 3.63) is 35.4 Å². The maximum atomic E-state index is 12.1. The number of amides is 2. The van der Waals surface area contributed by atoms with Gasteiger partial charge in [0, 0.05) is 19.6 Å². The minimum atomic E-state index is -0.802. The Hall–Kier alpha value is -2.04. The maximum absolute atomic E-state index is 12.1. The normalized spacial score (nSPS) is 31.5. The molecule has 116 valence electrons. The van der Waals surface area contributed by atoms with Gasteiger partial charge in [0.15, 0.2) is 0 Å². The van der Waals surface area contributed by atoms with Crippen LogP contribution in [0.3, 0.4) is 0 Å². The molecule has 22 heavy (non-hydrogen) atoms. The lowest BCUT2D eigenvalue weighted by Crippen LogP contribution is -2.40. The van der Waals surface area contributed by atoms with Gasteiger partial charge >= 0.3 is 12.0 Å². The molecule has 1 heterocycles. The summed E-state index contributed by atoms with van der Waals surface area (Å²) in [4.78, 5) is 24.7. The lowest BCUT2D eigenvalue weighted by Gasteiger charge is -2.17. The number of carboxylic acid groups (broad SMARTS) is 1. The monoisotopic (exact) mass is 300 g/mol. The van der Waals surface area contributed by atoms with E-state index in [1.807, 2.05) is 0 Å². The third-order valence-corrected chi connectivity index (χ3v) is 5.52. The Morgan fingerprint density at radius 1 is 1.32 bits per heavy atom. The van der Waals surface area contributed by atoms with Gasteiger partial charge in [0.25, 0.3) is 0 Å². The summed E-state index contributed by atoms with van der Waals surface area (Å²) in [6.45, 7) is 1.58. The van der Waals surface area contributed by atoms with Gasteiger partial charge in [0.05, 0.1) is 5.92 Å². The lowest BCUT2D eigenvalue weighted by atomic mass is 10.0. The zero-order valence-corrected chi connectivity index (χ0v) is 12.4. The molecule has 1 aliphatic heterocycles. The molecular formula is C17H20N2O3. The number of carbonyl (C=O) groups is 2. The largest absolute Gasteiger partial charge is 0.481 e. The first-order chi connectivity index (χ1) is 10.6. The summed E-state index contributed by atoms with van der Waals surface area (Å²) in [5, 5.41) is 12.0. The minimum absolute atomic E-state index is 0.109. The van der Waals surface area contributed by atoms with Crippen LogP contribution in [0.15, 0.2) is 24.3 Å². The Balaban J connectivity index is 1.29.